The molecule has 16 heavy (non-hydrogen) atoms. The van der Waals surface area contributed by atoms with E-state index in [0.717, 1.165) is 30.4 Å². The van der Waals surface area contributed by atoms with Crippen molar-refractivity contribution in [2.24, 2.45) is 11.8 Å². The zero-order chi connectivity index (χ0) is 10.9. The topological polar surface area (TPSA) is 52.6 Å². The van der Waals surface area contributed by atoms with Crippen LogP contribution in [0.4, 0.5) is 0 Å². The molecule has 0 amide bonds. The summed E-state index contributed by atoms with van der Waals surface area (Å²) in [4.78, 5) is 23.8. The van der Waals surface area contributed by atoms with Crippen molar-refractivity contribution in [3.05, 3.63) is 11.1 Å². The van der Waals surface area contributed by atoms with Crippen molar-refractivity contribution < 1.29 is 19.1 Å². The Balaban J connectivity index is 1.84. The lowest BCUT2D eigenvalue weighted by Crippen LogP contribution is -2.34. The Bertz CT molecular complexity index is 436. The smallest absolute Gasteiger partial charge is 0.312 e. The highest BCUT2D eigenvalue weighted by Crippen LogP contribution is 2.49. The van der Waals surface area contributed by atoms with Crippen LogP contribution in [0.2, 0.25) is 0 Å². The van der Waals surface area contributed by atoms with Crippen LogP contribution >= 0.6 is 0 Å². The molecule has 2 fully saturated rings. The molecule has 2 bridgehead atoms. The molecule has 0 N–H and O–H groups in total. The van der Waals surface area contributed by atoms with Crippen LogP contribution in [0.25, 0.3) is 0 Å². The lowest BCUT2D eigenvalue weighted by atomic mass is 9.88. The Morgan fingerprint density at radius 1 is 1.12 bits per heavy atom. The lowest BCUT2D eigenvalue weighted by molar-refractivity contribution is -0.148. The van der Waals surface area contributed by atoms with Gasteiger partial charge in [0.2, 0.25) is 0 Å². The normalized spacial score (nSPS) is 44.8. The van der Waals surface area contributed by atoms with Crippen molar-refractivity contribution in [1.29, 1.82) is 0 Å². The van der Waals surface area contributed by atoms with Gasteiger partial charge >= 0.3 is 5.97 Å². The average Bonchev–Trinajstić information content (AvgIpc) is 2.92. The minimum absolute atomic E-state index is 0.0170. The summed E-state index contributed by atoms with van der Waals surface area (Å²) in [5, 5.41) is 0. The van der Waals surface area contributed by atoms with Crippen molar-refractivity contribution in [2.75, 3.05) is 6.61 Å². The molecular formula is C12H12O4. The zero-order valence-electron chi connectivity index (χ0n) is 8.77. The molecule has 1 aliphatic carbocycles. The van der Waals surface area contributed by atoms with Gasteiger partial charge in [-0.3, -0.25) is 9.59 Å². The van der Waals surface area contributed by atoms with E-state index in [1.165, 1.54) is 0 Å². The summed E-state index contributed by atoms with van der Waals surface area (Å²) < 4.78 is 10.8. The predicted octanol–water partition coefficient (Wildman–Crippen LogP) is 0.606. The third kappa shape index (κ3) is 0.857. The molecule has 4 nitrogen and oxygen atoms in total. The molecule has 0 radical (unpaired) electrons. The average molecular weight is 220 g/mol. The summed E-state index contributed by atoms with van der Waals surface area (Å²) in [6, 6.07) is 0. The van der Waals surface area contributed by atoms with Gasteiger partial charge in [-0.05, 0) is 30.4 Å². The van der Waals surface area contributed by atoms with Crippen LogP contribution in [0, 0.1) is 11.8 Å². The van der Waals surface area contributed by atoms with E-state index < -0.39 is 6.10 Å². The number of carbonyl (C=O) groups is 2. The molecule has 4 atom stereocenters. The Kier molecular flexibility index (Phi) is 1.53. The summed E-state index contributed by atoms with van der Waals surface area (Å²) in [5.41, 5.74) is 2.12. The van der Waals surface area contributed by atoms with E-state index in [4.69, 9.17) is 9.47 Å². The van der Waals surface area contributed by atoms with Crippen molar-refractivity contribution in [2.45, 2.75) is 31.5 Å². The van der Waals surface area contributed by atoms with E-state index >= 15 is 0 Å². The molecule has 0 aromatic rings. The fourth-order valence-corrected chi connectivity index (χ4v) is 3.62. The van der Waals surface area contributed by atoms with Gasteiger partial charge in [-0.25, -0.2) is 0 Å². The molecule has 0 aromatic carbocycles. The van der Waals surface area contributed by atoms with Crippen molar-refractivity contribution in [3.63, 3.8) is 0 Å². The molecule has 2 saturated heterocycles. The second-order valence-corrected chi connectivity index (χ2v) is 5.02. The Morgan fingerprint density at radius 2 is 2.00 bits per heavy atom. The molecule has 0 saturated carbocycles. The van der Waals surface area contributed by atoms with Gasteiger partial charge in [0.1, 0.15) is 6.10 Å². The fraction of sp³-hybridized carbons (Fsp3) is 0.667. The maximum absolute atomic E-state index is 12.2. The molecule has 3 heterocycles. The number of hydrogen-bond donors (Lipinski definition) is 0. The van der Waals surface area contributed by atoms with E-state index in [-0.39, 0.29) is 29.7 Å². The monoisotopic (exact) mass is 220 g/mol. The van der Waals surface area contributed by atoms with Gasteiger partial charge < -0.3 is 9.47 Å². The summed E-state index contributed by atoms with van der Waals surface area (Å²) in [7, 11) is 0. The van der Waals surface area contributed by atoms with Gasteiger partial charge in [0, 0.05) is 5.92 Å². The summed E-state index contributed by atoms with van der Waals surface area (Å²) in [6.45, 7) is 0.425. The van der Waals surface area contributed by atoms with E-state index in [9.17, 15) is 9.59 Å². The first-order chi connectivity index (χ1) is 7.77. The Morgan fingerprint density at radius 3 is 2.88 bits per heavy atom. The molecule has 4 heteroatoms. The molecule has 0 spiro atoms. The highest BCUT2D eigenvalue weighted by atomic mass is 16.6. The number of Topliss-reactive ketones (excluding diaryl/α,β-unsaturated/α-hetero) is 1. The molecule has 3 aliphatic heterocycles. The minimum Gasteiger partial charge on any atom is -0.465 e. The van der Waals surface area contributed by atoms with Gasteiger partial charge in [-0.15, -0.1) is 0 Å². The van der Waals surface area contributed by atoms with Gasteiger partial charge in [-0.2, -0.15) is 0 Å². The summed E-state index contributed by atoms with van der Waals surface area (Å²) >= 11 is 0. The second-order valence-electron chi connectivity index (χ2n) is 5.02. The highest BCUT2D eigenvalue weighted by Gasteiger charge is 2.60. The largest absolute Gasteiger partial charge is 0.465 e. The summed E-state index contributed by atoms with van der Waals surface area (Å²) in [5.74, 6) is -0.433. The number of fused-ring (bicyclic) bond motifs is 6. The van der Waals surface area contributed by atoms with Crippen LogP contribution < -0.4 is 0 Å². The predicted molar refractivity (Wildman–Crippen MR) is 52.5 cm³/mol. The van der Waals surface area contributed by atoms with Crippen LogP contribution in [0.1, 0.15) is 19.3 Å². The Hall–Kier alpha value is -1.16. The highest BCUT2D eigenvalue weighted by molar-refractivity contribution is 6.04. The first-order valence-electron chi connectivity index (χ1n) is 5.85. The maximum Gasteiger partial charge on any atom is 0.312 e. The number of carbonyl (C=O) groups excluding carboxylic acids is 2. The lowest BCUT2D eigenvalue weighted by Gasteiger charge is -2.24. The number of cyclic esters (lactones) is 1. The zero-order valence-corrected chi connectivity index (χ0v) is 8.77. The minimum atomic E-state index is -0.540. The van der Waals surface area contributed by atoms with E-state index in [1.54, 1.807) is 0 Å². The van der Waals surface area contributed by atoms with Gasteiger partial charge in [-0.1, -0.05) is 0 Å². The third-order valence-corrected chi connectivity index (χ3v) is 4.32. The first kappa shape index (κ1) is 8.93. The second kappa shape index (κ2) is 2.74. The third-order valence-electron chi connectivity index (χ3n) is 4.32. The van der Waals surface area contributed by atoms with Gasteiger partial charge in [0.05, 0.1) is 18.6 Å². The fourth-order valence-electron chi connectivity index (χ4n) is 3.62. The standard InChI is InChI=1S/C12H12O4/c13-9-5-2-1-3-6(5)10-7-4-15-12(14)8(7)11(9)16-10/h7-8,10-11H,1-4H2/t7-,8-,10-,11-/m0/s1. The van der Waals surface area contributed by atoms with E-state index in [0.29, 0.717) is 6.61 Å². The van der Waals surface area contributed by atoms with E-state index in [1.807, 2.05) is 0 Å². The van der Waals surface area contributed by atoms with Crippen LogP contribution in [0.15, 0.2) is 11.1 Å². The SMILES string of the molecule is O=C1OC[C@H]2[C@H]1[C@@H]1O[C@H]2C2=C(CCC2)C1=O. The Labute approximate surface area is 92.6 Å². The number of esters is 1. The number of ketones is 1. The summed E-state index contributed by atoms with van der Waals surface area (Å²) in [6.07, 6.45) is 2.32. The number of rotatable bonds is 0. The number of ether oxygens (including phenoxy) is 2. The van der Waals surface area contributed by atoms with Crippen molar-refractivity contribution in [1.82, 2.24) is 0 Å². The molecule has 4 rings (SSSR count). The van der Waals surface area contributed by atoms with Crippen LogP contribution in [0.5, 0.6) is 0 Å². The van der Waals surface area contributed by atoms with E-state index in [2.05, 4.69) is 0 Å². The van der Waals surface area contributed by atoms with Gasteiger partial charge in [0.25, 0.3) is 0 Å². The van der Waals surface area contributed by atoms with Gasteiger partial charge in [0.15, 0.2) is 5.78 Å². The quantitative estimate of drug-likeness (QED) is 0.561. The molecule has 0 unspecified atom stereocenters. The molecule has 4 aliphatic rings. The van der Waals surface area contributed by atoms with Crippen molar-refractivity contribution >= 4 is 11.8 Å². The maximum atomic E-state index is 12.2. The molecule has 84 valence electrons. The number of hydrogen-bond acceptors (Lipinski definition) is 4. The van der Waals surface area contributed by atoms with Crippen LogP contribution in [-0.2, 0) is 19.1 Å². The first-order valence-corrected chi connectivity index (χ1v) is 5.85. The van der Waals surface area contributed by atoms with Crippen LogP contribution in [-0.4, -0.2) is 30.6 Å². The molecule has 0 aromatic heterocycles. The van der Waals surface area contributed by atoms with Crippen LogP contribution in [0.3, 0.4) is 0 Å². The van der Waals surface area contributed by atoms with Crippen molar-refractivity contribution in [3.8, 4) is 0 Å². The molecular weight excluding hydrogens is 208 g/mol.